The van der Waals surface area contributed by atoms with Crippen LogP contribution in [0.25, 0.3) is 0 Å². The van der Waals surface area contributed by atoms with Gasteiger partial charge in [-0.3, -0.25) is 15.1 Å². The number of guanidine groups is 1. The van der Waals surface area contributed by atoms with Gasteiger partial charge in [0.15, 0.2) is 6.17 Å². The topological polar surface area (TPSA) is 75.4 Å². The van der Waals surface area contributed by atoms with Crippen LogP contribution in [0.1, 0.15) is 36.0 Å². The lowest BCUT2D eigenvalue weighted by Gasteiger charge is -2.37. The highest BCUT2D eigenvalue weighted by Crippen LogP contribution is 2.27. The Morgan fingerprint density at radius 2 is 1.84 bits per heavy atom. The van der Waals surface area contributed by atoms with Crippen molar-refractivity contribution in [3.63, 3.8) is 0 Å². The van der Waals surface area contributed by atoms with Crippen LogP contribution in [0.4, 0.5) is 5.95 Å². The average Bonchev–Trinajstić information content (AvgIpc) is 2.80. The Kier molecular flexibility index (Phi) is 5.24. The molecule has 2 aliphatic rings. The van der Waals surface area contributed by atoms with Gasteiger partial charge in [0.1, 0.15) is 0 Å². The fourth-order valence-electron chi connectivity index (χ4n) is 4.42. The summed E-state index contributed by atoms with van der Waals surface area (Å²) in [5, 5.41) is 3.31. The SMILES string of the molecule is Cc1cc(=O)n2c(n1)NC(N1CCC(Cc3ccccc3)CC1)=N[C@@H]2c1ccccn1. The molecule has 7 nitrogen and oxygen atoms in total. The van der Waals surface area contributed by atoms with E-state index in [1.54, 1.807) is 10.8 Å². The first-order valence-electron chi connectivity index (χ1n) is 10.8. The number of aryl methyl sites for hydroxylation is 1. The number of anilines is 1. The Hall–Kier alpha value is -3.48. The molecule has 0 spiro atoms. The predicted octanol–water partition coefficient (Wildman–Crippen LogP) is 3.23. The molecule has 1 saturated heterocycles. The van der Waals surface area contributed by atoms with E-state index in [1.807, 2.05) is 25.1 Å². The van der Waals surface area contributed by atoms with Crippen molar-refractivity contribution in [1.29, 1.82) is 0 Å². The molecule has 0 bridgehead atoms. The maximum absolute atomic E-state index is 12.7. The molecule has 1 aromatic carbocycles. The molecule has 2 aromatic heterocycles. The number of benzene rings is 1. The van der Waals surface area contributed by atoms with Crippen LogP contribution < -0.4 is 10.9 Å². The van der Waals surface area contributed by atoms with E-state index in [0.717, 1.165) is 44.0 Å². The standard InChI is InChI=1S/C24H26N6O/c1-17-15-21(31)30-22(20-9-5-6-12-25-20)27-23(28-24(30)26-17)29-13-10-19(11-14-29)16-18-7-3-2-4-8-18/h2-9,12,15,19,22H,10-11,13-14,16H2,1H3,(H,26,27,28)/t22-/m0/s1. The number of nitrogens with one attached hydrogen (secondary N) is 1. The smallest absolute Gasteiger partial charge is 0.257 e. The van der Waals surface area contributed by atoms with Gasteiger partial charge >= 0.3 is 0 Å². The van der Waals surface area contributed by atoms with Crippen molar-refractivity contribution in [2.24, 2.45) is 10.9 Å². The molecular formula is C24H26N6O. The summed E-state index contributed by atoms with van der Waals surface area (Å²) in [5.74, 6) is 1.97. The van der Waals surface area contributed by atoms with Gasteiger partial charge in [0.2, 0.25) is 11.9 Å². The third-order valence-electron chi connectivity index (χ3n) is 6.03. The first kappa shape index (κ1) is 19.5. The van der Waals surface area contributed by atoms with Gasteiger partial charge in [-0.1, -0.05) is 36.4 Å². The summed E-state index contributed by atoms with van der Waals surface area (Å²) >= 11 is 0. The number of aliphatic imine (C=N–C) groups is 1. The van der Waals surface area contributed by atoms with E-state index in [0.29, 0.717) is 17.6 Å². The first-order chi connectivity index (χ1) is 15.2. The van der Waals surface area contributed by atoms with Crippen LogP contribution in [0.3, 0.4) is 0 Å². The molecule has 0 aliphatic carbocycles. The van der Waals surface area contributed by atoms with Crippen molar-refractivity contribution in [2.75, 3.05) is 18.4 Å². The van der Waals surface area contributed by atoms with Gasteiger partial charge in [0.05, 0.1) is 5.69 Å². The summed E-state index contributed by atoms with van der Waals surface area (Å²) in [7, 11) is 0. The molecule has 7 heteroatoms. The van der Waals surface area contributed by atoms with E-state index in [1.165, 1.54) is 11.6 Å². The van der Waals surface area contributed by atoms with Crippen LogP contribution >= 0.6 is 0 Å². The molecule has 31 heavy (non-hydrogen) atoms. The quantitative estimate of drug-likeness (QED) is 0.712. The third-order valence-corrected chi connectivity index (χ3v) is 6.03. The Labute approximate surface area is 181 Å². The zero-order valence-electron chi connectivity index (χ0n) is 17.6. The number of piperidine rings is 1. The van der Waals surface area contributed by atoms with E-state index in [2.05, 4.69) is 50.5 Å². The maximum atomic E-state index is 12.7. The number of pyridine rings is 1. The van der Waals surface area contributed by atoms with Crippen molar-refractivity contribution >= 4 is 11.9 Å². The molecule has 1 atom stereocenters. The van der Waals surface area contributed by atoms with Gasteiger partial charge in [0, 0.05) is 31.0 Å². The van der Waals surface area contributed by atoms with Crippen LogP contribution in [0.5, 0.6) is 0 Å². The molecule has 1 N–H and O–H groups in total. The normalized spacial score (nSPS) is 18.8. The number of likely N-dealkylation sites (tertiary alicyclic amines) is 1. The minimum atomic E-state index is -0.518. The van der Waals surface area contributed by atoms with Crippen molar-refractivity contribution in [1.82, 2.24) is 19.4 Å². The molecular weight excluding hydrogens is 388 g/mol. The number of aromatic nitrogens is 3. The van der Waals surface area contributed by atoms with Crippen molar-refractivity contribution in [3.05, 3.63) is 88.1 Å². The van der Waals surface area contributed by atoms with E-state index in [-0.39, 0.29) is 5.56 Å². The van der Waals surface area contributed by atoms with Gasteiger partial charge in [-0.25, -0.2) is 14.5 Å². The molecule has 1 fully saturated rings. The van der Waals surface area contributed by atoms with Crippen LogP contribution in [0.15, 0.2) is 70.6 Å². The van der Waals surface area contributed by atoms with Gasteiger partial charge < -0.3 is 4.90 Å². The fourth-order valence-corrected chi connectivity index (χ4v) is 4.42. The molecule has 158 valence electrons. The fraction of sp³-hybridized carbons (Fsp3) is 0.333. The van der Waals surface area contributed by atoms with Crippen molar-refractivity contribution in [3.8, 4) is 0 Å². The van der Waals surface area contributed by atoms with Crippen molar-refractivity contribution < 1.29 is 0 Å². The summed E-state index contributed by atoms with van der Waals surface area (Å²) in [6, 6.07) is 17.9. The highest BCUT2D eigenvalue weighted by atomic mass is 16.1. The summed E-state index contributed by atoms with van der Waals surface area (Å²) in [6.45, 7) is 3.68. The Balaban J connectivity index is 1.38. The Morgan fingerprint density at radius 3 is 2.58 bits per heavy atom. The van der Waals surface area contributed by atoms with Crippen molar-refractivity contribution in [2.45, 2.75) is 32.4 Å². The van der Waals surface area contributed by atoms with Crippen LogP contribution in [-0.4, -0.2) is 38.5 Å². The highest BCUT2D eigenvalue weighted by Gasteiger charge is 2.30. The number of rotatable bonds is 3. The summed E-state index contributed by atoms with van der Waals surface area (Å²) < 4.78 is 1.58. The second-order valence-electron chi connectivity index (χ2n) is 8.26. The van der Waals surface area contributed by atoms with Gasteiger partial charge in [-0.15, -0.1) is 0 Å². The van der Waals surface area contributed by atoms with Gasteiger partial charge in [0.25, 0.3) is 5.56 Å². The minimum absolute atomic E-state index is 0.130. The Morgan fingerprint density at radius 1 is 1.06 bits per heavy atom. The summed E-state index contributed by atoms with van der Waals surface area (Å²) in [5.41, 5.74) is 2.69. The second kappa shape index (κ2) is 8.34. The zero-order valence-corrected chi connectivity index (χ0v) is 17.6. The number of hydrogen-bond acceptors (Lipinski definition) is 6. The number of hydrogen-bond donors (Lipinski definition) is 1. The third kappa shape index (κ3) is 4.08. The predicted molar refractivity (Wildman–Crippen MR) is 121 cm³/mol. The maximum Gasteiger partial charge on any atom is 0.257 e. The average molecular weight is 415 g/mol. The highest BCUT2D eigenvalue weighted by molar-refractivity contribution is 5.93. The van der Waals surface area contributed by atoms with Crippen LogP contribution in [-0.2, 0) is 6.42 Å². The molecule has 0 unspecified atom stereocenters. The Bertz CT molecular complexity index is 1130. The molecule has 2 aliphatic heterocycles. The molecule has 4 heterocycles. The molecule has 3 aromatic rings. The molecule has 0 radical (unpaired) electrons. The van der Waals surface area contributed by atoms with Crippen LogP contribution in [0.2, 0.25) is 0 Å². The zero-order chi connectivity index (χ0) is 21.2. The lowest BCUT2D eigenvalue weighted by atomic mass is 9.90. The van der Waals surface area contributed by atoms with E-state index >= 15 is 0 Å². The lowest BCUT2D eigenvalue weighted by Crippen LogP contribution is -2.46. The number of nitrogens with zero attached hydrogens (tertiary/aromatic N) is 5. The monoisotopic (exact) mass is 414 g/mol. The molecule has 0 saturated carbocycles. The molecule has 0 amide bonds. The minimum Gasteiger partial charge on any atom is -0.343 e. The summed E-state index contributed by atoms with van der Waals surface area (Å²) in [6.07, 6.45) is 4.54. The number of fused-ring (bicyclic) bond motifs is 1. The van der Waals surface area contributed by atoms with Gasteiger partial charge in [-0.2, -0.15) is 0 Å². The summed E-state index contributed by atoms with van der Waals surface area (Å²) in [4.78, 5) is 29.0. The second-order valence-corrected chi connectivity index (χ2v) is 8.26. The largest absolute Gasteiger partial charge is 0.343 e. The van der Waals surface area contributed by atoms with E-state index in [9.17, 15) is 4.79 Å². The lowest BCUT2D eigenvalue weighted by molar-refractivity contribution is 0.262. The van der Waals surface area contributed by atoms with Crippen LogP contribution in [0, 0.1) is 12.8 Å². The first-order valence-corrected chi connectivity index (χ1v) is 10.8. The van der Waals surface area contributed by atoms with E-state index < -0.39 is 6.17 Å². The molecule has 5 rings (SSSR count). The van der Waals surface area contributed by atoms with E-state index in [4.69, 9.17) is 4.99 Å². The van der Waals surface area contributed by atoms with Gasteiger partial charge in [-0.05, 0) is 49.8 Å².